The van der Waals surface area contributed by atoms with E-state index in [9.17, 15) is 9.59 Å². The summed E-state index contributed by atoms with van der Waals surface area (Å²) in [7, 11) is 0. The molecular weight excluding hydrogens is 324 g/mol. The van der Waals surface area contributed by atoms with E-state index >= 15 is 0 Å². The molecule has 24 heavy (non-hydrogen) atoms. The highest BCUT2D eigenvalue weighted by Gasteiger charge is 2.52. The van der Waals surface area contributed by atoms with Crippen molar-refractivity contribution in [3.8, 4) is 0 Å². The van der Waals surface area contributed by atoms with Crippen molar-refractivity contribution in [3.63, 3.8) is 0 Å². The van der Waals surface area contributed by atoms with Gasteiger partial charge < -0.3 is 10.1 Å². The number of amides is 1. The Morgan fingerprint density at radius 2 is 2.00 bits per heavy atom. The summed E-state index contributed by atoms with van der Waals surface area (Å²) in [6, 6.07) is 7.77. The molecule has 0 spiro atoms. The van der Waals surface area contributed by atoms with E-state index in [1.807, 2.05) is 30.3 Å². The van der Waals surface area contributed by atoms with Gasteiger partial charge in [0.05, 0.1) is 28.7 Å². The van der Waals surface area contributed by atoms with Crippen LogP contribution in [0.3, 0.4) is 0 Å². The standard InChI is InChI=1S/C18H18N2O3S/c1-2-23-17(22)15-11-8-7-10(9-11)14(15)16(21)20-18-19-12-5-3-4-6-13(12)24-18/h3-8,10-11,14-15H,2,9H2,1H3,(H,19,20,21)/t10-,11+,14?,15?/m0/s1. The summed E-state index contributed by atoms with van der Waals surface area (Å²) in [5, 5.41) is 3.49. The zero-order chi connectivity index (χ0) is 16.7. The number of fused-ring (bicyclic) bond motifs is 3. The van der Waals surface area contributed by atoms with Crippen molar-refractivity contribution in [1.82, 2.24) is 4.98 Å². The number of benzene rings is 1. The molecule has 1 fully saturated rings. The van der Waals surface area contributed by atoms with Crippen LogP contribution >= 0.6 is 11.3 Å². The molecule has 1 saturated carbocycles. The van der Waals surface area contributed by atoms with Crippen molar-refractivity contribution in [2.24, 2.45) is 23.7 Å². The molecule has 5 nitrogen and oxygen atoms in total. The van der Waals surface area contributed by atoms with Crippen molar-refractivity contribution in [2.45, 2.75) is 13.3 Å². The van der Waals surface area contributed by atoms with Gasteiger partial charge in [-0.25, -0.2) is 4.98 Å². The summed E-state index contributed by atoms with van der Waals surface area (Å²) in [5.74, 6) is -0.929. The number of allylic oxidation sites excluding steroid dienone is 2. The first-order chi connectivity index (χ1) is 11.7. The Kier molecular flexibility index (Phi) is 3.84. The van der Waals surface area contributed by atoms with E-state index < -0.39 is 0 Å². The van der Waals surface area contributed by atoms with E-state index in [0.717, 1.165) is 16.6 Å². The van der Waals surface area contributed by atoms with Crippen LogP contribution in [0.25, 0.3) is 10.2 Å². The molecule has 2 aliphatic carbocycles. The Morgan fingerprint density at radius 3 is 2.75 bits per heavy atom. The normalized spacial score (nSPS) is 27.5. The Bertz CT molecular complexity index is 796. The maximum atomic E-state index is 12.8. The number of hydrogen-bond donors (Lipinski definition) is 1. The lowest BCUT2D eigenvalue weighted by atomic mass is 9.82. The fourth-order valence-corrected chi connectivity index (χ4v) is 4.72. The molecule has 0 saturated heterocycles. The van der Waals surface area contributed by atoms with E-state index in [4.69, 9.17) is 4.74 Å². The van der Waals surface area contributed by atoms with Gasteiger partial charge in [0.2, 0.25) is 5.91 Å². The van der Waals surface area contributed by atoms with Gasteiger partial charge in [-0.1, -0.05) is 35.6 Å². The molecule has 1 aromatic heterocycles. The fourth-order valence-electron chi connectivity index (χ4n) is 3.85. The predicted molar refractivity (Wildman–Crippen MR) is 92.6 cm³/mol. The number of rotatable bonds is 4. The van der Waals surface area contributed by atoms with Crippen LogP contribution in [0.15, 0.2) is 36.4 Å². The van der Waals surface area contributed by atoms with Gasteiger partial charge in [-0.05, 0) is 37.3 Å². The quantitative estimate of drug-likeness (QED) is 0.684. The van der Waals surface area contributed by atoms with Gasteiger partial charge in [0.15, 0.2) is 5.13 Å². The lowest BCUT2D eigenvalue weighted by Gasteiger charge is -2.25. The lowest BCUT2D eigenvalue weighted by molar-refractivity contribution is -0.152. The van der Waals surface area contributed by atoms with Crippen LogP contribution in [0.1, 0.15) is 13.3 Å². The van der Waals surface area contributed by atoms with E-state index in [0.29, 0.717) is 11.7 Å². The molecule has 124 valence electrons. The van der Waals surface area contributed by atoms with Crippen molar-refractivity contribution in [1.29, 1.82) is 0 Å². The van der Waals surface area contributed by atoms with E-state index in [1.165, 1.54) is 11.3 Å². The van der Waals surface area contributed by atoms with Gasteiger partial charge in [-0.15, -0.1) is 0 Å². The zero-order valence-electron chi connectivity index (χ0n) is 13.3. The number of carbonyl (C=O) groups excluding carboxylic acids is 2. The largest absolute Gasteiger partial charge is 0.466 e. The summed E-state index contributed by atoms with van der Waals surface area (Å²) in [6.07, 6.45) is 4.96. The second-order valence-electron chi connectivity index (χ2n) is 6.23. The third-order valence-corrected chi connectivity index (χ3v) is 5.80. The molecule has 1 heterocycles. The molecule has 2 bridgehead atoms. The Labute approximate surface area is 143 Å². The minimum atomic E-state index is -0.380. The van der Waals surface area contributed by atoms with Crippen LogP contribution in [0.2, 0.25) is 0 Å². The minimum absolute atomic E-state index is 0.110. The third-order valence-electron chi connectivity index (χ3n) is 4.84. The van der Waals surface area contributed by atoms with Gasteiger partial charge in [0, 0.05) is 0 Å². The Hall–Kier alpha value is -2.21. The first kappa shape index (κ1) is 15.3. The smallest absolute Gasteiger partial charge is 0.310 e. The van der Waals surface area contributed by atoms with E-state index in [1.54, 1.807) is 6.92 Å². The number of para-hydroxylation sites is 1. The number of nitrogens with zero attached hydrogens (tertiary/aromatic N) is 1. The maximum absolute atomic E-state index is 12.8. The number of ether oxygens (including phenoxy) is 1. The second kappa shape index (κ2) is 6.02. The Morgan fingerprint density at radius 1 is 1.25 bits per heavy atom. The average molecular weight is 342 g/mol. The van der Waals surface area contributed by atoms with Crippen LogP contribution in [0, 0.1) is 23.7 Å². The highest BCUT2D eigenvalue weighted by molar-refractivity contribution is 7.22. The van der Waals surface area contributed by atoms with Crippen LogP contribution in [-0.2, 0) is 14.3 Å². The molecule has 4 atom stereocenters. The SMILES string of the molecule is CCOC(=O)C1C(C(=O)Nc2nc3ccccc3s2)[C@H]2C=C[C@@H]1C2. The summed E-state index contributed by atoms with van der Waals surface area (Å²) in [4.78, 5) is 29.6. The first-order valence-electron chi connectivity index (χ1n) is 8.18. The van der Waals surface area contributed by atoms with Crippen molar-refractivity contribution < 1.29 is 14.3 Å². The van der Waals surface area contributed by atoms with E-state index in [-0.39, 0.29) is 35.5 Å². The number of aromatic nitrogens is 1. The summed E-state index contributed by atoms with van der Waals surface area (Å²) in [5.41, 5.74) is 0.868. The second-order valence-corrected chi connectivity index (χ2v) is 7.26. The summed E-state index contributed by atoms with van der Waals surface area (Å²) < 4.78 is 6.22. The molecule has 0 radical (unpaired) electrons. The van der Waals surface area contributed by atoms with Crippen LogP contribution < -0.4 is 5.32 Å². The molecule has 4 rings (SSSR count). The highest BCUT2D eigenvalue weighted by atomic mass is 32.1. The fraction of sp³-hybridized carbons (Fsp3) is 0.389. The topological polar surface area (TPSA) is 68.3 Å². The molecular formula is C18H18N2O3S. The maximum Gasteiger partial charge on any atom is 0.310 e. The molecule has 1 aromatic carbocycles. The molecule has 6 heteroatoms. The predicted octanol–water partition coefficient (Wildman–Crippen LogP) is 3.24. The number of anilines is 1. The lowest BCUT2D eigenvalue weighted by Crippen LogP contribution is -2.37. The number of hydrogen-bond acceptors (Lipinski definition) is 5. The van der Waals surface area contributed by atoms with Crippen molar-refractivity contribution in [3.05, 3.63) is 36.4 Å². The molecule has 0 aliphatic heterocycles. The van der Waals surface area contributed by atoms with Gasteiger partial charge >= 0.3 is 5.97 Å². The molecule has 1 amide bonds. The molecule has 2 aromatic rings. The third kappa shape index (κ3) is 2.51. The summed E-state index contributed by atoms with van der Waals surface area (Å²) in [6.45, 7) is 2.12. The monoisotopic (exact) mass is 342 g/mol. The van der Waals surface area contributed by atoms with Crippen LogP contribution in [0.4, 0.5) is 5.13 Å². The molecule has 2 unspecified atom stereocenters. The number of nitrogens with one attached hydrogen (secondary N) is 1. The van der Waals surface area contributed by atoms with Gasteiger partial charge in [-0.2, -0.15) is 0 Å². The van der Waals surface area contributed by atoms with Gasteiger partial charge in [0.1, 0.15) is 0 Å². The highest BCUT2D eigenvalue weighted by Crippen LogP contribution is 2.49. The minimum Gasteiger partial charge on any atom is -0.466 e. The van der Waals surface area contributed by atoms with Crippen molar-refractivity contribution >= 4 is 38.6 Å². The number of esters is 1. The first-order valence-corrected chi connectivity index (χ1v) is 9.00. The van der Waals surface area contributed by atoms with E-state index in [2.05, 4.69) is 16.4 Å². The molecule has 1 N–H and O–H groups in total. The average Bonchev–Trinajstić information content (AvgIpc) is 3.27. The number of thiazole rings is 1. The zero-order valence-corrected chi connectivity index (χ0v) is 14.1. The van der Waals surface area contributed by atoms with Crippen LogP contribution in [0.5, 0.6) is 0 Å². The van der Waals surface area contributed by atoms with Crippen molar-refractivity contribution in [2.75, 3.05) is 11.9 Å². The van der Waals surface area contributed by atoms with Crippen LogP contribution in [-0.4, -0.2) is 23.5 Å². The number of carbonyl (C=O) groups is 2. The molecule has 2 aliphatic rings. The van der Waals surface area contributed by atoms with Gasteiger partial charge in [-0.3, -0.25) is 9.59 Å². The van der Waals surface area contributed by atoms with Gasteiger partial charge in [0.25, 0.3) is 0 Å². The Balaban J connectivity index is 1.56. The summed E-state index contributed by atoms with van der Waals surface area (Å²) >= 11 is 1.45.